The van der Waals surface area contributed by atoms with Gasteiger partial charge < -0.3 is 9.64 Å². The minimum atomic E-state index is -0.142. The van der Waals surface area contributed by atoms with Gasteiger partial charge in [-0.3, -0.25) is 14.2 Å². The molecule has 1 aliphatic heterocycles. The summed E-state index contributed by atoms with van der Waals surface area (Å²) in [5.74, 6) is 1.55. The van der Waals surface area contributed by atoms with Crippen LogP contribution in [0.2, 0.25) is 0 Å². The van der Waals surface area contributed by atoms with Crippen LogP contribution in [0.1, 0.15) is 24.8 Å². The smallest absolute Gasteiger partial charge is 0.262 e. The standard InChI is InChI=1S/C22H25N3O3S/c1-28-19-5-3-2-4-17(19)7-6-16-8-11-24(12-9-16)20(26)14-25-15-23-21-18(22(25)27)10-13-29-21/h2-5,10,13,15-16H,6-9,11-12,14H2,1H3. The van der Waals surface area contributed by atoms with E-state index in [1.807, 2.05) is 28.5 Å². The molecular formula is C22H25N3O3S. The van der Waals surface area contributed by atoms with Gasteiger partial charge in [-0.1, -0.05) is 18.2 Å². The topological polar surface area (TPSA) is 64.4 Å². The number of carbonyl (C=O) groups is 1. The summed E-state index contributed by atoms with van der Waals surface area (Å²) in [5, 5.41) is 2.43. The summed E-state index contributed by atoms with van der Waals surface area (Å²) in [6, 6.07) is 9.92. The molecule has 0 N–H and O–H groups in total. The number of aromatic nitrogens is 2. The Balaban J connectivity index is 1.30. The van der Waals surface area contributed by atoms with Gasteiger partial charge in [-0.05, 0) is 54.7 Å². The molecule has 1 aromatic carbocycles. The van der Waals surface area contributed by atoms with Gasteiger partial charge in [0.05, 0.1) is 18.8 Å². The number of amides is 1. The minimum absolute atomic E-state index is 0.00772. The van der Waals surface area contributed by atoms with Crippen LogP contribution in [-0.2, 0) is 17.8 Å². The van der Waals surface area contributed by atoms with Crippen LogP contribution in [0, 0.1) is 5.92 Å². The molecule has 7 heteroatoms. The number of carbonyl (C=O) groups excluding carboxylic acids is 1. The second-order valence-corrected chi connectivity index (χ2v) is 8.39. The number of likely N-dealkylation sites (tertiary alicyclic amines) is 1. The summed E-state index contributed by atoms with van der Waals surface area (Å²) in [7, 11) is 1.71. The van der Waals surface area contributed by atoms with Crippen molar-refractivity contribution in [3.63, 3.8) is 0 Å². The molecule has 3 aromatic rings. The van der Waals surface area contributed by atoms with E-state index in [0.29, 0.717) is 11.3 Å². The highest BCUT2D eigenvalue weighted by Gasteiger charge is 2.23. The zero-order chi connectivity index (χ0) is 20.2. The minimum Gasteiger partial charge on any atom is -0.496 e. The van der Waals surface area contributed by atoms with Gasteiger partial charge in [0, 0.05) is 13.1 Å². The van der Waals surface area contributed by atoms with Crippen molar-refractivity contribution in [2.45, 2.75) is 32.2 Å². The molecule has 0 radical (unpaired) electrons. The van der Waals surface area contributed by atoms with Gasteiger partial charge in [-0.25, -0.2) is 4.98 Å². The third-order valence-electron chi connectivity index (χ3n) is 5.74. The van der Waals surface area contributed by atoms with Crippen LogP contribution in [-0.4, -0.2) is 40.6 Å². The van der Waals surface area contributed by atoms with Gasteiger partial charge >= 0.3 is 0 Å². The molecule has 1 saturated heterocycles. The number of fused-ring (bicyclic) bond motifs is 1. The Labute approximate surface area is 173 Å². The van der Waals surface area contributed by atoms with Crippen molar-refractivity contribution in [3.8, 4) is 5.75 Å². The van der Waals surface area contributed by atoms with Crippen LogP contribution < -0.4 is 10.3 Å². The molecule has 0 bridgehead atoms. The number of hydrogen-bond acceptors (Lipinski definition) is 5. The van der Waals surface area contributed by atoms with Crippen LogP contribution in [0.3, 0.4) is 0 Å². The number of nitrogens with zero attached hydrogens (tertiary/aromatic N) is 3. The molecule has 0 aliphatic carbocycles. The Morgan fingerprint density at radius 3 is 2.83 bits per heavy atom. The quantitative estimate of drug-likeness (QED) is 0.624. The zero-order valence-corrected chi connectivity index (χ0v) is 17.4. The number of piperidine rings is 1. The number of ether oxygens (including phenoxy) is 1. The Morgan fingerprint density at radius 2 is 2.03 bits per heavy atom. The van der Waals surface area contributed by atoms with Gasteiger partial charge in [0.2, 0.25) is 5.91 Å². The first kappa shape index (κ1) is 19.6. The van der Waals surface area contributed by atoms with Crippen molar-refractivity contribution in [3.05, 3.63) is 58.0 Å². The number of aryl methyl sites for hydroxylation is 1. The first-order chi connectivity index (χ1) is 14.2. The Bertz CT molecular complexity index is 1050. The fraction of sp³-hybridized carbons (Fsp3) is 0.409. The molecular weight excluding hydrogens is 386 g/mol. The zero-order valence-electron chi connectivity index (χ0n) is 16.5. The van der Waals surface area contributed by atoms with Crippen molar-refractivity contribution in [1.29, 1.82) is 0 Å². The van der Waals surface area contributed by atoms with Gasteiger partial charge in [0.15, 0.2) is 0 Å². The first-order valence-electron chi connectivity index (χ1n) is 9.98. The highest BCUT2D eigenvalue weighted by Crippen LogP contribution is 2.26. The summed E-state index contributed by atoms with van der Waals surface area (Å²) in [6.07, 6.45) is 5.57. The fourth-order valence-electron chi connectivity index (χ4n) is 3.99. The van der Waals surface area contributed by atoms with Crippen LogP contribution in [0.5, 0.6) is 5.75 Å². The van der Waals surface area contributed by atoms with E-state index in [0.717, 1.165) is 49.4 Å². The average Bonchev–Trinajstić information content (AvgIpc) is 3.24. The van der Waals surface area contributed by atoms with E-state index in [1.54, 1.807) is 13.2 Å². The van der Waals surface area contributed by atoms with Crippen molar-refractivity contribution in [2.24, 2.45) is 5.92 Å². The van der Waals surface area contributed by atoms with E-state index in [-0.39, 0.29) is 18.0 Å². The Morgan fingerprint density at radius 1 is 1.24 bits per heavy atom. The van der Waals surface area contributed by atoms with Gasteiger partial charge in [0.25, 0.3) is 5.56 Å². The normalized spacial score (nSPS) is 15.0. The maximum Gasteiger partial charge on any atom is 0.262 e. The molecule has 152 valence electrons. The number of benzene rings is 1. The largest absolute Gasteiger partial charge is 0.496 e. The van der Waals surface area contributed by atoms with Crippen molar-refractivity contribution in [2.75, 3.05) is 20.2 Å². The maximum atomic E-state index is 12.7. The van der Waals surface area contributed by atoms with Crippen LogP contribution in [0.4, 0.5) is 0 Å². The molecule has 0 spiro atoms. The van der Waals surface area contributed by atoms with Crippen LogP contribution >= 0.6 is 11.3 Å². The monoisotopic (exact) mass is 411 g/mol. The SMILES string of the molecule is COc1ccccc1CCC1CCN(C(=O)Cn2cnc3sccc3c2=O)CC1. The van der Waals surface area contributed by atoms with E-state index < -0.39 is 0 Å². The first-order valence-corrected chi connectivity index (χ1v) is 10.9. The van der Waals surface area contributed by atoms with E-state index in [9.17, 15) is 9.59 Å². The number of thiophene rings is 1. The molecule has 3 heterocycles. The molecule has 1 aliphatic rings. The lowest BCUT2D eigenvalue weighted by Crippen LogP contribution is -2.41. The Kier molecular flexibility index (Phi) is 5.94. The summed E-state index contributed by atoms with van der Waals surface area (Å²) < 4.78 is 6.86. The second-order valence-electron chi connectivity index (χ2n) is 7.49. The van der Waals surface area contributed by atoms with Crippen molar-refractivity contribution < 1.29 is 9.53 Å². The van der Waals surface area contributed by atoms with Crippen molar-refractivity contribution in [1.82, 2.24) is 14.5 Å². The average molecular weight is 412 g/mol. The lowest BCUT2D eigenvalue weighted by molar-refractivity contribution is -0.133. The highest BCUT2D eigenvalue weighted by atomic mass is 32.1. The summed E-state index contributed by atoms with van der Waals surface area (Å²) >= 11 is 1.43. The van der Waals surface area contributed by atoms with Crippen LogP contribution in [0.15, 0.2) is 46.8 Å². The van der Waals surface area contributed by atoms with Crippen molar-refractivity contribution >= 4 is 27.5 Å². The lowest BCUT2D eigenvalue weighted by Gasteiger charge is -2.32. The highest BCUT2D eigenvalue weighted by molar-refractivity contribution is 7.16. The maximum absolute atomic E-state index is 12.7. The summed E-state index contributed by atoms with van der Waals surface area (Å²) in [6.45, 7) is 1.56. The van der Waals surface area contributed by atoms with E-state index in [1.165, 1.54) is 27.8 Å². The summed E-state index contributed by atoms with van der Waals surface area (Å²) in [5.41, 5.74) is 1.10. The predicted octanol–water partition coefficient (Wildman–Crippen LogP) is 3.34. The molecule has 1 amide bonds. The predicted molar refractivity (Wildman–Crippen MR) is 114 cm³/mol. The molecule has 29 heavy (non-hydrogen) atoms. The van der Waals surface area contributed by atoms with E-state index in [4.69, 9.17) is 4.74 Å². The molecule has 0 saturated carbocycles. The lowest BCUT2D eigenvalue weighted by atomic mass is 9.90. The van der Waals surface area contributed by atoms with Crippen LogP contribution in [0.25, 0.3) is 10.2 Å². The van der Waals surface area contributed by atoms with E-state index >= 15 is 0 Å². The molecule has 4 rings (SSSR count). The number of para-hydroxylation sites is 1. The number of rotatable bonds is 6. The molecule has 0 unspecified atom stereocenters. The molecule has 6 nitrogen and oxygen atoms in total. The summed E-state index contributed by atoms with van der Waals surface area (Å²) in [4.78, 5) is 32.0. The number of hydrogen-bond donors (Lipinski definition) is 0. The second kappa shape index (κ2) is 8.78. The van der Waals surface area contributed by atoms with Gasteiger partial charge in [0.1, 0.15) is 17.1 Å². The third kappa shape index (κ3) is 4.34. The molecule has 2 aromatic heterocycles. The number of methoxy groups -OCH3 is 1. The Hall–Kier alpha value is -2.67. The molecule has 1 fully saturated rings. The van der Waals surface area contributed by atoms with Gasteiger partial charge in [-0.15, -0.1) is 11.3 Å². The van der Waals surface area contributed by atoms with Gasteiger partial charge in [-0.2, -0.15) is 0 Å². The third-order valence-corrected chi connectivity index (χ3v) is 6.56. The molecule has 0 atom stereocenters. The fourth-order valence-corrected chi connectivity index (χ4v) is 4.72. The van der Waals surface area contributed by atoms with E-state index in [2.05, 4.69) is 11.1 Å².